The molecule has 0 spiro atoms. The molecule has 0 aliphatic heterocycles. The van der Waals surface area contributed by atoms with Crippen LogP contribution in [0.15, 0.2) is 41.3 Å². The average molecular weight is 292 g/mol. The SMILES string of the molecule is CCCCCCc1cc(S(=O)(=O)O)cc2ccccc12. The third kappa shape index (κ3) is 3.58. The first-order valence-electron chi connectivity index (χ1n) is 7.01. The summed E-state index contributed by atoms with van der Waals surface area (Å²) in [6, 6.07) is 10.8. The van der Waals surface area contributed by atoms with Gasteiger partial charge in [0, 0.05) is 0 Å². The number of hydrogen-bond donors (Lipinski definition) is 1. The quantitative estimate of drug-likeness (QED) is 0.641. The largest absolute Gasteiger partial charge is 0.294 e. The minimum atomic E-state index is -4.15. The van der Waals surface area contributed by atoms with Gasteiger partial charge in [0.25, 0.3) is 10.1 Å². The fourth-order valence-electron chi connectivity index (χ4n) is 2.46. The molecule has 4 heteroatoms. The molecule has 0 atom stereocenters. The van der Waals surface area contributed by atoms with Gasteiger partial charge < -0.3 is 0 Å². The molecule has 0 saturated heterocycles. The van der Waals surface area contributed by atoms with E-state index in [0.29, 0.717) is 0 Å². The third-order valence-electron chi connectivity index (χ3n) is 3.52. The second-order valence-electron chi connectivity index (χ2n) is 5.09. The van der Waals surface area contributed by atoms with Crippen molar-refractivity contribution in [3.8, 4) is 0 Å². The van der Waals surface area contributed by atoms with Gasteiger partial charge in [-0.2, -0.15) is 8.42 Å². The number of benzene rings is 2. The predicted molar refractivity (Wildman–Crippen MR) is 81.6 cm³/mol. The Morgan fingerprint density at radius 1 is 1.05 bits per heavy atom. The summed E-state index contributed by atoms with van der Waals surface area (Å²) < 4.78 is 32.0. The van der Waals surface area contributed by atoms with E-state index >= 15 is 0 Å². The molecule has 1 N–H and O–H groups in total. The predicted octanol–water partition coefficient (Wildman–Crippen LogP) is 4.21. The van der Waals surface area contributed by atoms with Crippen molar-refractivity contribution in [1.82, 2.24) is 0 Å². The molecule has 0 heterocycles. The molecule has 0 aliphatic rings. The standard InChI is InChI=1S/C16H20O3S/c1-2-3-4-5-8-13-11-15(20(17,18)19)12-14-9-6-7-10-16(13)14/h6-7,9-12H,2-5,8H2,1H3,(H,17,18,19). The van der Waals surface area contributed by atoms with Crippen LogP contribution in [0.4, 0.5) is 0 Å². The highest BCUT2D eigenvalue weighted by Crippen LogP contribution is 2.25. The lowest BCUT2D eigenvalue weighted by molar-refractivity contribution is 0.483. The van der Waals surface area contributed by atoms with E-state index in [2.05, 4.69) is 6.92 Å². The molecule has 0 fully saturated rings. The Hall–Kier alpha value is -1.39. The summed E-state index contributed by atoms with van der Waals surface area (Å²) in [5.41, 5.74) is 0.992. The minimum Gasteiger partial charge on any atom is -0.282 e. The molecule has 3 nitrogen and oxygen atoms in total. The Morgan fingerprint density at radius 3 is 2.50 bits per heavy atom. The molecule has 0 bridgehead atoms. The lowest BCUT2D eigenvalue weighted by atomic mass is 9.99. The van der Waals surface area contributed by atoms with E-state index in [0.717, 1.165) is 35.6 Å². The molecule has 0 radical (unpaired) electrons. The molecule has 0 aromatic heterocycles. The average Bonchev–Trinajstić information content (AvgIpc) is 2.42. The van der Waals surface area contributed by atoms with Gasteiger partial charge in [0.2, 0.25) is 0 Å². The van der Waals surface area contributed by atoms with Gasteiger partial charge in [0.15, 0.2) is 0 Å². The highest BCUT2D eigenvalue weighted by molar-refractivity contribution is 7.85. The van der Waals surface area contributed by atoms with Crippen molar-refractivity contribution in [2.24, 2.45) is 0 Å². The molecule has 2 aromatic rings. The van der Waals surface area contributed by atoms with Crippen LogP contribution in [0.3, 0.4) is 0 Å². The van der Waals surface area contributed by atoms with Crippen LogP contribution in [-0.4, -0.2) is 13.0 Å². The molecular weight excluding hydrogens is 272 g/mol. The number of fused-ring (bicyclic) bond motifs is 1. The van der Waals surface area contributed by atoms with Crippen LogP contribution >= 0.6 is 0 Å². The lowest BCUT2D eigenvalue weighted by Gasteiger charge is -2.09. The third-order valence-corrected chi connectivity index (χ3v) is 4.35. The number of hydrogen-bond acceptors (Lipinski definition) is 2. The summed E-state index contributed by atoms with van der Waals surface area (Å²) in [6.45, 7) is 2.16. The normalized spacial score (nSPS) is 11.9. The van der Waals surface area contributed by atoms with E-state index in [9.17, 15) is 13.0 Å². The van der Waals surface area contributed by atoms with Crippen molar-refractivity contribution < 1.29 is 13.0 Å². The van der Waals surface area contributed by atoms with Crippen LogP contribution in [-0.2, 0) is 16.5 Å². The van der Waals surface area contributed by atoms with Crippen LogP contribution in [0.25, 0.3) is 10.8 Å². The maximum absolute atomic E-state index is 11.4. The van der Waals surface area contributed by atoms with Crippen molar-refractivity contribution in [3.63, 3.8) is 0 Å². The molecular formula is C16H20O3S. The first-order chi connectivity index (χ1) is 9.52. The second kappa shape index (κ2) is 6.37. The fraction of sp³-hybridized carbons (Fsp3) is 0.375. The van der Waals surface area contributed by atoms with E-state index < -0.39 is 10.1 Å². The highest BCUT2D eigenvalue weighted by atomic mass is 32.2. The minimum absolute atomic E-state index is 0.0123. The summed E-state index contributed by atoms with van der Waals surface area (Å²) in [6.07, 6.45) is 5.37. The smallest absolute Gasteiger partial charge is 0.282 e. The Bertz CT molecular complexity index is 690. The summed E-state index contributed by atoms with van der Waals surface area (Å²) in [5, 5.41) is 1.92. The van der Waals surface area contributed by atoms with E-state index in [1.165, 1.54) is 18.9 Å². The topological polar surface area (TPSA) is 54.4 Å². The van der Waals surface area contributed by atoms with Crippen molar-refractivity contribution in [1.29, 1.82) is 0 Å². The van der Waals surface area contributed by atoms with Crippen molar-refractivity contribution in [2.45, 2.75) is 43.9 Å². The van der Waals surface area contributed by atoms with Gasteiger partial charge >= 0.3 is 0 Å². The molecule has 2 aromatic carbocycles. The molecule has 108 valence electrons. The molecule has 0 amide bonds. The van der Waals surface area contributed by atoms with Crippen molar-refractivity contribution in [2.75, 3.05) is 0 Å². The molecule has 0 aliphatic carbocycles. The van der Waals surface area contributed by atoms with Gasteiger partial charge in [-0.3, -0.25) is 4.55 Å². The zero-order valence-corrected chi connectivity index (χ0v) is 12.5. The summed E-state index contributed by atoms with van der Waals surface area (Å²) in [7, 11) is -4.15. The van der Waals surface area contributed by atoms with Gasteiger partial charge in [0.1, 0.15) is 0 Å². The fourth-order valence-corrected chi connectivity index (χ4v) is 3.02. The summed E-state index contributed by atoms with van der Waals surface area (Å²) in [5.74, 6) is 0. The van der Waals surface area contributed by atoms with Crippen LogP contribution in [0.1, 0.15) is 38.2 Å². The van der Waals surface area contributed by atoms with E-state index in [-0.39, 0.29) is 4.90 Å². The van der Waals surface area contributed by atoms with Gasteiger partial charge in [-0.05, 0) is 41.3 Å². The maximum atomic E-state index is 11.4. The van der Waals surface area contributed by atoms with Crippen molar-refractivity contribution in [3.05, 3.63) is 42.0 Å². The highest BCUT2D eigenvalue weighted by Gasteiger charge is 2.13. The second-order valence-corrected chi connectivity index (χ2v) is 6.51. The van der Waals surface area contributed by atoms with E-state index in [1.807, 2.05) is 24.3 Å². The Balaban J connectivity index is 2.39. The monoisotopic (exact) mass is 292 g/mol. The van der Waals surface area contributed by atoms with Crippen LogP contribution in [0.5, 0.6) is 0 Å². The zero-order chi connectivity index (χ0) is 14.6. The van der Waals surface area contributed by atoms with Crippen LogP contribution in [0.2, 0.25) is 0 Å². The Labute approximate surface area is 120 Å². The van der Waals surface area contributed by atoms with Crippen molar-refractivity contribution >= 4 is 20.9 Å². The van der Waals surface area contributed by atoms with Gasteiger partial charge in [-0.15, -0.1) is 0 Å². The first-order valence-corrected chi connectivity index (χ1v) is 8.45. The number of unbranched alkanes of at least 4 members (excludes halogenated alkanes) is 3. The van der Waals surface area contributed by atoms with Crippen LogP contribution in [0, 0.1) is 0 Å². The molecule has 2 rings (SSSR count). The number of rotatable bonds is 6. The summed E-state index contributed by atoms with van der Waals surface area (Å²) in [4.78, 5) is -0.0123. The Kier molecular flexibility index (Phi) is 4.78. The zero-order valence-electron chi connectivity index (χ0n) is 11.7. The lowest BCUT2D eigenvalue weighted by Crippen LogP contribution is -2.00. The van der Waals surface area contributed by atoms with Gasteiger partial charge in [-0.1, -0.05) is 50.5 Å². The molecule has 0 saturated carbocycles. The van der Waals surface area contributed by atoms with Gasteiger partial charge in [0.05, 0.1) is 4.90 Å². The van der Waals surface area contributed by atoms with E-state index in [4.69, 9.17) is 0 Å². The maximum Gasteiger partial charge on any atom is 0.294 e. The summed E-state index contributed by atoms with van der Waals surface area (Å²) >= 11 is 0. The van der Waals surface area contributed by atoms with Crippen LogP contribution < -0.4 is 0 Å². The Morgan fingerprint density at radius 2 is 1.80 bits per heavy atom. The molecule has 20 heavy (non-hydrogen) atoms. The number of aryl methyl sites for hydroxylation is 1. The van der Waals surface area contributed by atoms with E-state index in [1.54, 1.807) is 6.07 Å². The first kappa shape index (κ1) is 15.0. The molecule has 0 unspecified atom stereocenters. The van der Waals surface area contributed by atoms with Gasteiger partial charge in [-0.25, -0.2) is 0 Å².